The second-order valence-corrected chi connectivity index (χ2v) is 6.06. The van der Waals surface area contributed by atoms with Gasteiger partial charge in [0.25, 0.3) is 5.91 Å². The molecule has 1 spiro atoms. The van der Waals surface area contributed by atoms with Crippen molar-refractivity contribution in [3.8, 4) is 0 Å². The maximum absolute atomic E-state index is 12.5. The molecule has 2 fully saturated rings. The SMILES string of the molecule is O=C(c1cc(I)c[nH]1)N1CCCC12CCOC2. The number of likely N-dealkylation sites (tertiary alicyclic amines) is 1. The molecule has 1 unspecified atom stereocenters. The number of ether oxygens (including phenoxy) is 1. The van der Waals surface area contributed by atoms with Crippen LogP contribution in [0.2, 0.25) is 0 Å². The van der Waals surface area contributed by atoms with E-state index in [9.17, 15) is 4.79 Å². The molecular formula is C12H15IN2O2. The van der Waals surface area contributed by atoms with Crippen LogP contribution < -0.4 is 0 Å². The summed E-state index contributed by atoms with van der Waals surface area (Å²) in [4.78, 5) is 17.5. The zero-order valence-corrected chi connectivity index (χ0v) is 11.7. The molecular weight excluding hydrogens is 331 g/mol. The highest BCUT2D eigenvalue weighted by Crippen LogP contribution is 2.37. The third-order valence-electron chi connectivity index (χ3n) is 3.80. The second kappa shape index (κ2) is 4.28. The first-order valence-corrected chi connectivity index (χ1v) is 7.03. The molecule has 0 radical (unpaired) electrons. The van der Waals surface area contributed by atoms with E-state index in [2.05, 4.69) is 27.6 Å². The summed E-state index contributed by atoms with van der Waals surface area (Å²) < 4.78 is 6.57. The molecule has 2 aliphatic heterocycles. The van der Waals surface area contributed by atoms with E-state index in [0.29, 0.717) is 12.3 Å². The van der Waals surface area contributed by atoms with Crippen LogP contribution >= 0.6 is 22.6 Å². The van der Waals surface area contributed by atoms with Gasteiger partial charge in [-0.2, -0.15) is 0 Å². The van der Waals surface area contributed by atoms with E-state index in [0.717, 1.165) is 36.0 Å². The van der Waals surface area contributed by atoms with Crippen LogP contribution in [-0.2, 0) is 4.74 Å². The van der Waals surface area contributed by atoms with Crippen LogP contribution in [0.4, 0.5) is 0 Å². The van der Waals surface area contributed by atoms with E-state index in [-0.39, 0.29) is 11.4 Å². The summed E-state index contributed by atoms with van der Waals surface area (Å²) in [5.41, 5.74) is 0.677. The average Bonchev–Trinajstić information content (AvgIpc) is 3.01. The van der Waals surface area contributed by atoms with Crippen molar-refractivity contribution in [1.82, 2.24) is 9.88 Å². The molecule has 4 nitrogen and oxygen atoms in total. The van der Waals surface area contributed by atoms with Crippen molar-refractivity contribution in [3.63, 3.8) is 0 Å². The maximum atomic E-state index is 12.5. The van der Waals surface area contributed by atoms with Crippen molar-refractivity contribution in [2.24, 2.45) is 0 Å². The number of hydrogen-bond donors (Lipinski definition) is 1. The minimum absolute atomic E-state index is 0.0202. The molecule has 1 amide bonds. The average molecular weight is 346 g/mol. The lowest BCUT2D eigenvalue weighted by Crippen LogP contribution is -2.47. The zero-order valence-electron chi connectivity index (χ0n) is 9.54. The van der Waals surface area contributed by atoms with Crippen LogP contribution in [0.3, 0.4) is 0 Å². The Hall–Kier alpha value is -0.560. The van der Waals surface area contributed by atoms with E-state index in [1.807, 2.05) is 17.2 Å². The van der Waals surface area contributed by atoms with Gasteiger partial charge in [-0.05, 0) is 47.9 Å². The molecule has 1 atom stereocenters. The molecule has 0 bridgehead atoms. The summed E-state index contributed by atoms with van der Waals surface area (Å²) in [5.74, 6) is 0.121. The molecule has 0 saturated carbocycles. The van der Waals surface area contributed by atoms with Gasteiger partial charge in [0.05, 0.1) is 12.1 Å². The first-order chi connectivity index (χ1) is 8.21. The van der Waals surface area contributed by atoms with Crippen LogP contribution in [-0.4, -0.2) is 41.1 Å². The predicted molar refractivity (Wildman–Crippen MR) is 71.9 cm³/mol. The molecule has 1 aromatic heterocycles. The molecule has 1 aromatic rings. The van der Waals surface area contributed by atoms with E-state index < -0.39 is 0 Å². The molecule has 0 aliphatic carbocycles. The zero-order chi connectivity index (χ0) is 11.9. The summed E-state index contributed by atoms with van der Waals surface area (Å²) in [6.07, 6.45) is 5.02. The summed E-state index contributed by atoms with van der Waals surface area (Å²) in [6, 6.07) is 1.91. The molecule has 0 aromatic carbocycles. The maximum Gasteiger partial charge on any atom is 0.270 e. The number of carbonyl (C=O) groups is 1. The molecule has 3 heterocycles. The van der Waals surface area contributed by atoms with Gasteiger partial charge in [0.2, 0.25) is 0 Å². The minimum atomic E-state index is -0.0202. The van der Waals surface area contributed by atoms with Crippen molar-refractivity contribution in [2.75, 3.05) is 19.8 Å². The van der Waals surface area contributed by atoms with Gasteiger partial charge < -0.3 is 14.6 Å². The Morgan fingerprint density at radius 3 is 3.06 bits per heavy atom. The van der Waals surface area contributed by atoms with Crippen molar-refractivity contribution in [2.45, 2.75) is 24.8 Å². The van der Waals surface area contributed by atoms with Gasteiger partial charge in [-0.1, -0.05) is 0 Å². The van der Waals surface area contributed by atoms with Crippen molar-refractivity contribution >= 4 is 28.5 Å². The number of nitrogens with one attached hydrogen (secondary N) is 1. The summed E-state index contributed by atoms with van der Waals surface area (Å²) in [7, 11) is 0. The number of hydrogen-bond acceptors (Lipinski definition) is 2. The lowest BCUT2D eigenvalue weighted by Gasteiger charge is -2.33. The van der Waals surface area contributed by atoms with Crippen LogP contribution in [0.25, 0.3) is 0 Å². The fraction of sp³-hybridized carbons (Fsp3) is 0.583. The quantitative estimate of drug-likeness (QED) is 0.791. The number of H-pyrrole nitrogens is 1. The molecule has 2 saturated heterocycles. The molecule has 92 valence electrons. The van der Waals surface area contributed by atoms with E-state index >= 15 is 0 Å². The van der Waals surface area contributed by atoms with Gasteiger partial charge in [-0.3, -0.25) is 4.79 Å². The van der Waals surface area contributed by atoms with Gasteiger partial charge in [-0.15, -0.1) is 0 Å². The summed E-state index contributed by atoms with van der Waals surface area (Å²) in [6.45, 7) is 2.35. The second-order valence-electron chi connectivity index (χ2n) is 4.82. The van der Waals surface area contributed by atoms with Gasteiger partial charge >= 0.3 is 0 Å². The fourth-order valence-corrected chi connectivity index (χ4v) is 3.37. The number of aromatic nitrogens is 1. The van der Waals surface area contributed by atoms with Gasteiger partial charge in [0, 0.05) is 22.9 Å². The van der Waals surface area contributed by atoms with E-state index in [1.54, 1.807) is 0 Å². The Balaban J connectivity index is 1.86. The van der Waals surface area contributed by atoms with E-state index in [4.69, 9.17) is 4.74 Å². The Labute approximate surface area is 114 Å². The largest absolute Gasteiger partial charge is 0.379 e. The Bertz CT molecular complexity index is 432. The number of rotatable bonds is 1. The standard InChI is InChI=1S/C12H15IN2O2/c13-9-6-10(14-7-9)11(16)15-4-1-2-12(15)3-5-17-8-12/h6-7,14H,1-5,8H2. The molecule has 1 N–H and O–H groups in total. The number of amides is 1. The molecule has 5 heteroatoms. The van der Waals surface area contributed by atoms with Crippen molar-refractivity contribution in [1.29, 1.82) is 0 Å². The highest BCUT2D eigenvalue weighted by atomic mass is 127. The van der Waals surface area contributed by atoms with Gasteiger partial charge in [0.15, 0.2) is 0 Å². The summed E-state index contributed by atoms with van der Waals surface area (Å²) in [5, 5.41) is 0. The van der Waals surface area contributed by atoms with Crippen LogP contribution in [0.15, 0.2) is 12.3 Å². The first kappa shape index (κ1) is 11.5. The minimum Gasteiger partial charge on any atom is -0.379 e. The van der Waals surface area contributed by atoms with Crippen LogP contribution in [0.1, 0.15) is 29.8 Å². The Kier molecular flexibility index (Phi) is 2.90. The third kappa shape index (κ3) is 1.89. The van der Waals surface area contributed by atoms with Crippen molar-refractivity contribution < 1.29 is 9.53 Å². The molecule has 3 rings (SSSR count). The first-order valence-electron chi connectivity index (χ1n) is 5.95. The van der Waals surface area contributed by atoms with E-state index in [1.165, 1.54) is 0 Å². The topological polar surface area (TPSA) is 45.3 Å². The lowest BCUT2D eigenvalue weighted by molar-refractivity contribution is 0.0545. The molecule has 17 heavy (non-hydrogen) atoms. The molecule has 2 aliphatic rings. The third-order valence-corrected chi connectivity index (χ3v) is 4.43. The lowest BCUT2D eigenvalue weighted by atomic mass is 9.95. The van der Waals surface area contributed by atoms with Crippen LogP contribution in [0, 0.1) is 3.57 Å². The number of carbonyl (C=O) groups excluding carboxylic acids is 1. The number of nitrogens with zero attached hydrogens (tertiary/aromatic N) is 1. The fourth-order valence-electron chi connectivity index (χ4n) is 2.90. The van der Waals surface area contributed by atoms with Gasteiger partial charge in [0.1, 0.15) is 5.69 Å². The highest BCUT2D eigenvalue weighted by molar-refractivity contribution is 14.1. The highest BCUT2D eigenvalue weighted by Gasteiger charge is 2.46. The van der Waals surface area contributed by atoms with Crippen molar-refractivity contribution in [3.05, 3.63) is 21.5 Å². The van der Waals surface area contributed by atoms with Gasteiger partial charge in [-0.25, -0.2) is 0 Å². The van der Waals surface area contributed by atoms with Crippen LogP contribution in [0.5, 0.6) is 0 Å². The Morgan fingerprint density at radius 2 is 2.41 bits per heavy atom. The number of halogens is 1. The normalized spacial score (nSPS) is 28.2. The monoisotopic (exact) mass is 346 g/mol. The summed E-state index contributed by atoms with van der Waals surface area (Å²) >= 11 is 2.21. The predicted octanol–water partition coefficient (Wildman–Crippen LogP) is 2.01. The Morgan fingerprint density at radius 1 is 1.53 bits per heavy atom. The number of aromatic amines is 1. The smallest absolute Gasteiger partial charge is 0.270 e.